The lowest BCUT2D eigenvalue weighted by Crippen LogP contribution is -2.24. The third-order valence-electron chi connectivity index (χ3n) is 3.47. The van der Waals surface area contributed by atoms with Crippen molar-refractivity contribution in [3.63, 3.8) is 0 Å². The topological polar surface area (TPSA) is 75.3 Å². The van der Waals surface area contributed by atoms with Gasteiger partial charge in [-0.2, -0.15) is 0 Å². The largest absolute Gasteiger partial charge is 0.322 e. The number of sulfonamides is 1. The Bertz CT molecular complexity index is 845. The fourth-order valence-electron chi connectivity index (χ4n) is 2.20. The summed E-state index contributed by atoms with van der Waals surface area (Å²) in [5.41, 5.74) is 2.02. The molecule has 0 bridgehead atoms. The lowest BCUT2D eigenvalue weighted by molar-refractivity contribution is 0.102. The van der Waals surface area contributed by atoms with Gasteiger partial charge < -0.3 is 5.32 Å². The minimum atomic E-state index is -3.67. The van der Waals surface area contributed by atoms with E-state index in [-0.39, 0.29) is 22.9 Å². The van der Waals surface area contributed by atoms with Crippen molar-refractivity contribution in [2.45, 2.75) is 18.2 Å². The van der Waals surface area contributed by atoms with Crippen molar-refractivity contribution in [2.24, 2.45) is 0 Å². The number of hydrogen-bond donors (Lipinski definition) is 2. The fourth-order valence-corrected chi connectivity index (χ4v) is 3.25. The average molecular weight is 344 g/mol. The Balaban J connectivity index is 2.25. The number of amides is 1. The SMILES string of the molecule is C=CCNS(=O)(=O)c1cccc(C(=O)Nc2ccccc2CC)c1. The molecule has 0 fully saturated rings. The van der Waals surface area contributed by atoms with Crippen LogP contribution in [0.1, 0.15) is 22.8 Å². The van der Waals surface area contributed by atoms with E-state index in [1.54, 1.807) is 12.1 Å². The van der Waals surface area contributed by atoms with E-state index in [0.717, 1.165) is 17.7 Å². The molecule has 0 aliphatic heterocycles. The molecule has 24 heavy (non-hydrogen) atoms. The van der Waals surface area contributed by atoms with Crippen molar-refractivity contribution in [2.75, 3.05) is 11.9 Å². The Morgan fingerprint density at radius 3 is 2.62 bits per heavy atom. The molecule has 0 aliphatic rings. The summed E-state index contributed by atoms with van der Waals surface area (Å²) in [6.07, 6.45) is 2.24. The molecule has 2 N–H and O–H groups in total. The average Bonchev–Trinajstić information content (AvgIpc) is 2.60. The third-order valence-corrected chi connectivity index (χ3v) is 4.89. The summed E-state index contributed by atoms with van der Waals surface area (Å²) in [6.45, 7) is 5.61. The summed E-state index contributed by atoms with van der Waals surface area (Å²) in [5, 5.41) is 2.83. The molecule has 0 saturated heterocycles. The molecular formula is C18H20N2O3S. The van der Waals surface area contributed by atoms with Gasteiger partial charge in [-0.25, -0.2) is 13.1 Å². The van der Waals surface area contributed by atoms with E-state index in [1.807, 2.05) is 31.2 Å². The van der Waals surface area contributed by atoms with Gasteiger partial charge in [-0.3, -0.25) is 4.79 Å². The quantitative estimate of drug-likeness (QED) is 0.758. The van der Waals surface area contributed by atoms with Crippen LogP contribution in [0, 0.1) is 0 Å². The Morgan fingerprint density at radius 2 is 1.92 bits per heavy atom. The van der Waals surface area contributed by atoms with Gasteiger partial charge in [0.15, 0.2) is 0 Å². The van der Waals surface area contributed by atoms with Crippen LogP contribution in [0.5, 0.6) is 0 Å². The summed E-state index contributed by atoms with van der Waals surface area (Å²) < 4.78 is 26.6. The van der Waals surface area contributed by atoms with Crippen LogP contribution < -0.4 is 10.0 Å². The lowest BCUT2D eigenvalue weighted by Gasteiger charge is -2.11. The van der Waals surface area contributed by atoms with E-state index in [1.165, 1.54) is 18.2 Å². The van der Waals surface area contributed by atoms with E-state index in [4.69, 9.17) is 0 Å². The molecule has 0 spiro atoms. The van der Waals surface area contributed by atoms with Gasteiger partial charge in [0.25, 0.3) is 5.91 Å². The van der Waals surface area contributed by atoms with Crippen LogP contribution in [0.4, 0.5) is 5.69 Å². The van der Waals surface area contributed by atoms with Gasteiger partial charge in [0.2, 0.25) is 10.0 Å². The molecule has 5 nitrogen and oxygen atoms in total. The Labute approximate surface area is 142 Å². The summed E-state index contributed by atoms with van der Waals surface area (Å²) in [4.78, 5) is 12.5. The second kappa shape index (κ2) is 7.90. The van der Waals surface area contributed by atoms with Crippen LogP contribution in [0.15, 0.2) is 66.1 Å². The van der Waals surface area contributed by atoms with Gasteiger partial charge in [-0.15, -0.1) is 6.58 Å². The number of carbonyl (C=O) groups is 1. The molecule has 126 valence electrons. The highest BCUT2D eigenvalue weighted by atomic mass is 32.2. The van der Waals surface area contributed by atoms with E-state index >= 15 is 0 Å². The van der Waals surface area contributed by atoms with Gasteiger partial charge in [0.1, 0.15) is 0 Å². The number of benzene rings is 2. The minimum absolute atomic E-state index is 0.0424. The zero-order valence-electron chi connectivity index (χ0n) is 13.5. The van der Waals surface area contributed by atoms with Crippen LogP contribution in [0.3, 0.4) is 0 Å². The number of aryl methyl sites for hydroxylation is 1. The van der Waals surface area contributed by atoms with E-state index < -0.39 is 10.0 Å². The van der Waals surface area contributed by atoms with E-state index in [9.17, 15) is 13.2 Å². The number of rotatable bonds is 7. The van der Waals surface area contributed by atoms with Gasteiger partial charge >= 0.3 is 0 Å². The molecular weight excluding hydrogens is 324 g/mol. The molecule has 2 rings (SSSR count). The fraction of sp³-hybridized carbons (Fsp3) is 0.167. The Morgan fingerprint density at radius 1 is 1.17 bits per heavy atom. The van der Waals surface area contributed by atoms with Crippen LogP contribution in [0.25, 0.3) is 0 Å². The maximum atomic E-state index is 12.4. The highest BCUT2D eigenvalue weighted by Crippen LogP contribution is 2.18. The molecule has 0 atom stereocenters. The van der Waals surface area contributed by atoms with Crippen molar-refractivity contribution in [1.29, 1.82) is 0 Å². The summed E-state index contributed by atoms with van der Waals surface area (Å²) in [6, 6.07) is 13.4. The van der Waals surface area contributed by atoms with Crippen LogP contribution in [-0.2, 0) is 16.4 Å². The predicted octanol–water partition coefficient (Wildman–Crippen LogP) is 2.97. The first-order chi connectivity index (χ1) is 11.5. The van der Waals surface area contributed by atoms with Crippen molar-refractivity contribution in [1.82, 2.24) is 4.72 Å². The number of carbonyl (C=O) groups excluding carboxylic acids is 1. The predicted molar refractivity (Wildman–Crippen MR) is 95.6 cm³/mol. The zero-order valence-corrected chi connectivity index (χ0v) is 14.3. The highest BCUT2D eigenvalue weighted by molar-refractivity contribution is 7.89. The van der Waals surface area contributed by atoms with Crippen LogP contribution in [-0.4, -0.2) is 20.9 Å². The van der Waals surface area contributed by atoms with Crippen molar-refractivity contribution >= 4 is 21.6 Å². The molecule has 2 aromatic carbocycles. The summed E-state index contributed by atoms with van der Waals surface area (Å²) in [5.74, 6) is -0.350. The summed E-state index contributed by atoms with van der Waals surface area (Å²) in [7, 11) is -3.67. The Kier molecular flexibility index (Phi) is 5.89. The van der Waals surface area contributed by atoms with Crippen molar-refractivity contribution < 1.29 is 13.2 Å². The first-order valence-corrected chi connectivity index (χ1v) is 9.06. The van der Waals surface area contributed by atoms with E-state index in [2.05, 4.69) is 16.6 Å². The summed E-state index contributed by atoms with van der Waals surface area (Å²) >= 11 is 0. The lowest BCUT2D eigenvalue weighted by atomic mass is 10.1. The normalized spacial score (nSPS) is 11.0. The molecule has 0 aromatic heterocycles. The second-order valence-electron chi connectivity index (χ2n) is 5.13. The standard InChI is InChI=1S/C18H20N2O3S/c1-3-12-19-24(22,23)16-10-7-9-15(13-16)18(21)20-17-11-6-5-8-14(17)4-2/h3,5-11,13,19H,1,4,12H2,2H3,(H,20,21). The molecule has 1 amide bonds. The molecule has 0 aliphatic carbocycles. The first kappa shape index (κ1) is 17.9. The number of anilines is 1. The number of para-hydroxylation sites is 1. The van der Waals surface area contributed by atoms with Gasteiger partial charge in [-0.05, 0) is 36.2 Å². The van der Waals surface area contributed by atoms with Gasteiger partial charge in [0.05, 0.1) is 4.90 Å². The van der Waals surface area contributed by atoms with E-state index in [0.29, 0.717) is 0 Å². The maximum absolute atomic E-state index is 12.4. The highest BCUT2D eigenvalue weighted by Gasteiger charge is 2.16. The first-order valence-electron chi connectivity index (χ1n) is 7.58. The molecule has 6 heteroatoms. The van der Waals surface area contributed by atoms with Crippen molar-refractivity contribution in [3.8, 4) is 0 Å². The zero-order chi connectivity index (χ0) is 17.6. The molecule has 2 aromatic rings. The maximum Gasteiger partial charge on any atom is 0.255 e. The third kappa shape index (κ3) is 4.31. The van der Waals surface area contributed by atoms with Gasteiger partial charge in [-0.1, -0.05) is 37.3 Å². The molecule has 0 saturated carbocycles. The van der Waals surface area contributed by atoms with Crippen LogP contribution >= 0.6 is 0 Å². The van der Waals surface area contributed by atoms with Gasteiger partial charge in [0, 0.05) is 17.8 Å². The number of nitrogens with one attached hydrogen (secondary N) is 2. The minimum Gasteiger partial charge on any atom is -0.322 e. The second-order valence-corrected chi connectivity index (χ2v) is 6.90. The Hall–Kier alpha value is -2.44. The molecule has 0 radical (unpaired) electrons. The monoisotopic (exact) mass is 344 g/mol. The van der Waals surface area contributed by atoms with Crippen LogP contribution in [0.2, 0.25) is 0 Å². The van der Waals surface area contributed by atoms with Crippen molar-refractivity contribution in [3.05, 3.63) is 72.3 Å². The smallest absolute Gasteiger partial charge is 0.255 e. The molecule has 0 unspecified atom stereocenters. The molecule has 0 heterocycles. The number of hydrogen-bond acceptors (Lipinski definition) is 3.